The first-order valence-corrected chi connectivity index (χ1v) is 4.84. The molecule has 2 N–H and O–H groups in total. The molecule has 0 aliphatic heterocycles. The summed E-state index contributed by atoms with van der Waals surface area (Å²) in [5.41, 5.74) is -0.387. The van der Waals surface area contributed by atoms with Gasteiger partial charge in [-0.25, -0.2) is 9.78 Å². The fourth-order valence-electron chi connectivity index (χ4n) is 1.04. The first-order chi connectivity index (χ1) is 7.26. The Balaban J connectivity index is 2.74. The number of aryl methyl sites for hydroxylation is 1. The Hall–Kier alpha value is -1.85. The summed E-state index contributed by atoms with van der Waals surface area (Å²) in [6, 6.07) is 1.33. The maximum absolute atomic E-state index is 11.4. The summed E-state index contributed by atoms with van der Waals surface area (Å²) in [7, 11) is 0. The number of rotatable bonds is 1. The Morgan fingerprint density at radius 2 is 2.12 bits per heavy atom. The highest BCUT2D eigenvalue weighted by Crippen LogP contribution is 2.08. The average molecular weight is 225 g/mol. The van der Waals surface area contributed by atoms with Crippen LogP contribution in [0.15, 0.2) is 10.9 Å². The summed E-state index contributed by atoms with van der Waals surface area (Å²) in [6.45, 7) is 6.91. The second-order valence-electron chi connectivity index (χ2n) is 4.36. The van der Waals surface area contributed by atoms with Gasteiger partial charge < -0.3 is 4.74 Å². The van der Waals surface area contributed by atoms with Crippen molar-refractivity contribution in [2.75, 3.05) is 5.32 Å². The molecule has 0 unspecified atom stereocenters. The summed E-state index contributed by atoms with van der Waals surface area (Å²) < 4.78 is 5.01. The molecule has 1 amide bonds. The van der Waals surface area contributed by atoms with Crippen molar-refractivity contribution in [3.63, 3.8) is 0 Å². The Morgan fingerprint density at radius 1 is 1.50 bits per heavy atom. The van der Waals surface area contributed by atoms with Gasteiger partial charge in [-0.3, -0.25) is 15.1 Å². The van der Waals surface area contributed by atoms with Crippen molar-refractivity contribution in [3.05, 3.63) is 22.1 Å². The maximum atomic E-state index is 11.4. The number of ether oxygens (including phenoxy) is 1. The number of H-pyrrole nitrogens is 1. The summed E-state index contributed by atoms with van der Waals surface area (Å²) in [4.78, 5) is 28.8. The van der Waals surface area contributed by atoms with Crippen molar-refractivity contribution >= 4 is 12.0 Å². The van der Waals surface area contributed by atoms with Gasteiger partial charge >= 0.3 is 6.09 Å². The summed E-state index contributed by atoms with van der Waals surface area (Å²) in [5.74, 6) is 0.0826. The predicted molar refractivity (Wildman–Crippen MR) is 59.5 cm³/mol. The van der Waals surface area contributed by atoms with Crippen molar-refractivity contribution in [1.29, 1.82) is 0 Å². The van der Waals surface area contributed by atoms with Gasteiger partial charge in [0.1, 0.15) is 5.60 Å². The number of aromatic nitrogens is 2. The van der Waals surface area contributed by atoms with Crippen LogP contribution in [0.4, 0.5) is 10.7 Å². The molecule has 6 heteroatoms. The zero-order valence-electron chi connectivity index (χ0n) is 9.75. The number of anilines is 1. The number of nitrogens with one attached hydrogen (secondary N) is 2. The summed E-state index contributed by atoms with van der Waals surface area (Å²) in [5, 5.41) is 2.35. The number of aromatic amines is 1. The molecule has 1 heterocycles. The van der Waals surface area contributed by atoms with E-state index in [4.69, 9.17) is 4.74 Å². The van der Waals surface area contributed by atoms with Crippen molar-refractivity contribution < 1.29 is 9.53 Å². The molecular formula is C10H15N3O3. The van der Waals surface area contributed by atoms with Crippen molar-refractivity contribution in [2.24, 2.45) is 0 Å². The van der Waals surface area contributed by atoms with E-state index in [0.29, 0.717) is 5.69 Å². The van der Waals surface area contributed by atoms with Crippen LogP contribution in [0.1, 0.15) is 26.5 Å². The van der Waals surface area contributed by atoms with Crippen LogP contribution >= 0.6 is 0 Å². The molecule has 0 aliphatic carbocycles. The minimum absolute atomic E-state index is 0.0826. The van der Waals surface area contributed by atoms with E-state index in [0.717, 1.165) is 0 Å². The van der Waals surface area contributed by atoms with Crippen molar-refractivity contribution in [3.8, 4) is 0 Å². The minimum Gasteiger partial charge on any atom is -0.444 e. The minimum atomic E-state index is -0.652. The van der Waals surface area contributed by atoms with Gasteiger partial charge in [0.25, 0.3) is 5.56 Å². The largest absolute Gasteiger partial charge is 0.444 e. The van der Waals surface area contributed by atoms with Gasteiger partial charge in [0.15, 0.2) is 0 Å². The lowest BCUT2D eigenvalue weighted by atomic mass is 10.2. The van der Waals surface area contributed by atoms with E-state index in [1.165, 1.54) is 6.07 Å². The van der Waals surface area contributed by atoms with E-state index < -0.39 is 11.7 Å². The van der Waals surface area contributed by atoms with Crippen LogP contribution in [0, 0.1) is 6.92 Å². The highest BCUT2D eigenvalue weighted by molar-refractivity contribution is 5.82. The van der Waals surface area contributed by atoms with Crippen LogP contribution in [0.25, 0.3) is 0 Å². The zero-order chi connectivity index (χ0) is 12.3. The van der Waals surface area contributed by atoms with E-state index in [9.17, 15) is 9.59 Å². The molecule has 88 valence electrons. The molecule has 16 heavy (non-hydrogen) atoms. The van der Waals surface area contributed by atoms with E-state index in [1.54, 1.807) is 27.7 Å². The Bertz CT molecular complexity index is 445. The smallest absolute Gasteiger partial charge is 0.414 e. The Kier molecular flexibility index (Phi) is 3.31. The van der Waals surface area contributed by atoms with Gasteiger partial charge in [-0.05, 0) is 27.7 Å². The van der Waals surface area contributed by atoms with Crippen LogP contribution in [0.3, 0.4) is 0 Å². The van der Waals surface area contributed by atoms with E-state index in [2.05, 4.69) is 15.3 Å². The molecule has 1 rings (SSSR count). The van der Waals surface area contributed by atoms with Crippen molar-refractivity contribution in [1.82, 2.24) is 9.97 Å². The molecule has 1 aromatic rings. The SMILES string of the molecule is Cc1cc(=O)[nH]c(NC(=O)OC(C)(C)C)n1. The lowest BCUT2D eigenvalue weighted by molar-refractivity contribution is 0.0634. The first kappa shape index (κ1) is 12.2. The van der Waals surface area contributed by atoms with Gasteiger partial charge in [0.2, 0.25) is 5.95 Å². The van der Waals surface area contributed by atoms with Gasteiger partial charge in [0, 0.05) is 11.8 Å². The van der Waals surface area contributed by atoms with Crippen LogP contribution in [0.2, 0.25) is 0 Å². The lowest BCUT2D eigenvalue weighted by Crippen LogP contribution is -2.28. The van der Waals surface area contributed by atoms with Gasteiger partial charge in [-0.2, -0.15) is 0 Å². The normalized spacial score (nSPS) is 11.0. The highest BCUT2D eigenvalue weighted by atomic mass is 16.6. The fraction of sp³-hybridized carbons (Fsp3) is 0.500. The monoisotopic (exact) mass is 225 g/mol. The second-order valence-corrected chi connectivity index (χ2v) is 4.36. The van der Waals surface area contributed by atoms with Crippen LogP contribution in [-0.2, 0) is 4.74 Å². The third kappa shape index (κ3) is 4.12. The lowest BCUT2D eigenvalue weighted by Gasteiger charge is -2.19. The number of amides is 1. The van der Waals surface area contributed by atoms with Gasteiger partial charge in [-0.15, -0.1) is 0 Å². The van der Waals surface area contributed by atoms with E-state index >= 15 is 0 Å². The first-order valence-electron chi connectivity index (χ1n) is 4.84. The molecule has 1 aromatic heterocycles. The third-order valence-corrected chi connectivity index (χ3v) is 1.49. The molecule has 0 atom stereocenters. The number of hydrogen-bond donors (Lipinski definition) is 2. The van der Waals surface area contributed by atoms with E-state index in [-0.39, 0.29) is 11.5 Å². The van der Waals surface area contributed by atoms with Crippen LogP contribution < -0.4 is 10.9 Å². The fourth-order valence-corrected chi connectivity index (χ4v) is 1.04. The number of carbonyl (C=O) groups excluding carboxylic acids is 1. The Morgan fingerprint density at radius 3 is 2.62 bits per heavy atom. The molecule has 0 radical (unpaired) electrons. The second kappa shape index (κ2) is 4.34. The molecule has 0 saturated carbocycles. The average Bonchev–Trinajstić information content (AvgIpc) is 1.96. The molecule has 0 spiro atoms. The quantitative estimate of drug-likeness (QED) is 0.757. The van der Waals surface area contributed by atoms with Crippen molar-refractivity contribution in [2.45, 2.75) is 33.3 Å². The Labute approximate surface area is 93.0 Å². The molecular weight excluding hydrogens is 210 g/mol. The molecule has 0 saturated heterocycles. The van der Waals surface area contributed by atoms with E-state index in [1.807, 2.05) is 0 Å². The maximum Gasteiger partial charge on any atom is 0.414 e. The highest BCUT2D eigenvalue weighted by Gasteiger charge is 2.16. The third-order valence-electron chi connectivity index (χ3n) is 1.49. The molecule has 6 nitrogen and oxygen atoms in total. The zero-order valence-corrected chi connectivity index (χ0v) is 9.75. The van der Waals surface area contributed by atoms with Crippen LogP contribution in [0.5, 0.6) is 0 Å². The number of carbonyl (C=O) groups is 1. The molecule has 0 bridgehead atoms. The summed E-state index contributed by atoms with van der Waals surface area (Å²) >= 11 is 0. The standard InChI is InChI=1S/C10H15N3O3/c1-6-5-7(14)12-8(11-6)13-9(15)16-10(2,3)4/h5H,1-4H3,(H2,11,12,13,14,15). The predicted octanol–water partition coefficient (Wildman–Crippen LogP) is 1.43. The van der Waals surface area contributed by atoms with Crippen LogP contribution in [-0.4, -0.2) is 21.7 Å². The molecule has 0 aromatic carbocycles. The number of nitrogens with zero attached hydrogens (tertiary/aromatic N) is 1. The topological polar surface area (TPSA) is 84.1 Å². The molecule has 0 fully saturated rings. The summed E-state index contributed by atoms with van der Waals surface area (Å²) in [6.07, 6.45) is -0.652. The number of hydrogen-bond acceptors (Lipinski definition) is 4. The van der Waals surface area contributed by atoms with Gasteiger partial charge in [-0.1, -0.05) is 0 Å². The van der Waals surface area contributed by atoms with Gasteiger partial charge in [0.05, 0.1) is 0 Å². The molecule has 0 aliphatic rings.